The molecule has 0 bridgehead atoms. The van der Waals surface area contributed by atoms with Crippen molar-refractivity contribution in [2.75, 3.05) is 13.1 Å². The van der Waals surface area contributed by atoms with E-state index in [9.17, 15) is 0 Å². The molecule has 2 nitrogen and oxygen atoms in total. The maximum Gasteiger partial charge on any atom is 0.0385 e. The lowest BCUT2D eigenvalue weighted by atomic mass is 10.0. The summed E-state index contributed by atoms with van der Waals surface area (Å²) in [4.78, 5) is 4.51. The van der Waals surface area contributed by atoms with Crippen LogP contribution in [0.15, 0.2) is 4.99 Å². The highest BCUT2D eigenvalue weighted by Gasteiger charge is 1.93. The first-order chi connectivity index (χ1) is 11.4. The first kappa shape index (κ1) is 22.6. The van der Waals surface area contributed by atoms with Gasteiger partial charge in [0, 0.05) is 6.54 Å². The lowest BCUT2D eigenvalue weighted by Gasteiger charge is -2.02. The molecule has 0 rings (SSSR count). The summed E-state index contributed by atoms with van der Waals surface area (Å²) >= 11 is 0. The molecule has 0 aromatic heterocycles. The van der Waals surface area contributed by atoms with Crippen LogP contribution in [0.1, 0.15) is 116 Å². The monoisotopic (exact) mass is 324 g/mol. The maximum absolute atomic E-state index is 5.50. The molecule has 23 heavy (non-hydrogen) atoms. The Morgan fingerprint density at radius 2 is 1.09 bits per heavy atom. The normalized spacial score (nSPS) is 11.6. The Morgan fingerprint density at radius 1 is 0.609 bits per heavy atom. The zero-order chi connectivity index (χ0) is 16.8. The number of nitrogens with two attached hydrogens (primary N) is 1. The smallest absolute Gasteiger partial charge is 0.0385 e. The van der Waals surface area contributed by atoms with Gasteiger partial charge in [-0.2, -0.15) is 0 Å². The molecule has 2 N–H and O–H groups in total. The Labute approximate surface area is 146 Å². The highest BCUT2D eigenvalue weighted by Crippen LogP contribution is 2.12. The molecule has 0 atom stereocenters. The molecule has 0 aliphatic heterocycles. The van der Waals surface area contributed by atoms with Gasteiger partial charge >= 0.3 is 0 Å². The van der Waals surface area contributed by atoms with E-state index in [2.05, 4.69) is 18.1 Å². The quantitative estimate of drug-likeness (QED) is 0.209. The van der Waals surface area contributed by atoms with E-state index in [4.69, 9.17) is 5.73 Å². The van der Waals surface area contributed by atoms with Gasteiger partial charge in [-0.3, -0.25) is 4.99 Å². The molecule has 0 aromatic rings. The highest BCUT2D eigenvalue weighted by atomic mass is 14.7. The third-order valence-electron chi connectivity index (χ3n) is 4.56. The van der Waals surface area contributed by atoms with Gasteiger partial charge in [0.15, 0.2) is 0 Å². The van der Waals surface area contributed by atoms with E-state index in [1.165, 1.54) is 109 Å². The van der Waals surface area contributed by atoms with Crippen molar-refractivity contribution < 1.29 is 0 Å². The minimum Gasteiger partial charge on any atom is -0.330 e. The van der Waals surface area contributed by atoms with Crippen LogP contribution in [0.4, 0.5) is 0 Å². The lowest BCUT2D eigenvalue weighted by Crippen LogP contribution is -1.97. The number of hydrogen-bond acceptors (Lipinski definition) is 2. The van der Waals surface area contributed by atoms with Gasteiger partial charge in [0.1, 0.15) is 0 Å². The summed E-state index contributed by atoms with van der Waals surface area (Å²) in [7, 11) is 0. The average molecular weight is 325 g/mol. The number of hydrogen-bond donors (Lipinski definition) is 1. The lowest BCUT2D eigenvalue weighted by molar-refractivity contribution is 0.538. The van der Waals surface area contributed by atoms with E-state index in [0.717, 1.165) is 13.1 Å². The standard InChI is InChI=1S/C21H44N2/c1-2-3-4-17-20-23-21-18-15-13-11-9-7-5-6-8-10-12-14-16-19-22/h20H,2-19,21-22H2,1H3. The van der Waals surface area contributed by atoms with Crippen LogP contribution in [-0.4, -0.2) is 19.3 Å². The number of nitrogens with zero attached hydrogens (tertiary/aromatic N) is 1. The fourth-order valence-electron chi connectivity index (χ4n) is 2.96. The van der Waals surface area contributed by atoms with Crippen LogP contribution in [-0.2, 0) is 0 Å². The molecular formula is C21H44N2. The third-order valence-corrected chi connectivity index (χ3v) is 4.56. The minimum absolute atomic E-state index is 0.866. The van der Waals surface area contributed by atoms with Gasteiger partial charge < -0.3 is 5.73 Å². The molecule has 0 fully saturated rings. The molecule has 0 saturated heterocycles. The molecule has 0 aliphatic rings. The van der Waals surface area contributed by atoms with Crippen molar-refractivity contribution in [3.05, 3.63) is 0 Å². The van der Waals surface area contributed by atoms with Crippen molar-refractivity contribution in [3.63, 3.8) is 0 Å². The van der Waals surface area contributed by atoms with Gasteiger partial charge in [-0.05, 0) is 38.4 Å². The number of aliphatic imine (C=N–C) groups is 1. The van der Waals surface area contributed by atoms with Crippen molar-refractivity contribution in [3.8, 4) is 0 Å². The van der Waals surface area contributed by atoms with E-state index >= 15 is 0 Å². The van der Waals surface area contributed by atoms with Gasteiger partial charge in [-0.15, -0.1) is 0 Å². The Bertz CT molecular complexity index is 226. The maximum atomic E-state index is 5.50. The summed E-state index contributed by atoms with van der Waals surface area (Å²) in [6, 6.07) is 0. The predicted molar refractivity (Wildman–Crippen MR) is 107 cm³/mol. The van der Waals surface area contributed by atoms with Crippen LogP contribution in [0.25, 0.3) is 0 Å². The minimum atomic E-state index is 0.866. The Balaban J connectivity index is 3.00. The van der Waals surface area contributed by atoms with E-state index in [-0.39, 0.29) is 0 Å². The zero-order valence-corrected chi connectivity index (χ0v) is 16.0. The van der Waals surface area contributed by atoms with Crippen LogP contribution < -0.4 is 5.73 Å². The van der Waals surface area contributed by atoms with Crippen LogP contribution in [0.2, 0.25) is 0 Å². The second-order valence-corrected chi connectivity index (χ2v) is 6.97. The van der Waals surface area contributed by atoms with Gasteiger partial charge in [0.25, 0.3) is 0 Å². The average Bonchev–Trinajstić information content (AvgIpc) is 2.57. The van der Waals surface area contributed by atoms with Gasteiger partial charge in [0.05, 0.1) is 0 Å². The number of unbranched alkanes of at least 4 members (excludes halogenated alkanes) is 15. The van der Waals surface area contributed by atoms with Gasteiger partial charge in [-0.25, -0.2) is 0 Å². The molecule has 0 unspecified atom stereocenters. The second kappa shape index (κ2) is 21.6. The van der Waals surface area contributed by atoms with Gasteiger partial charge in [0.2, 0.25) is 0 Å². The zero-order valence-electron chi connectivity index (χ0n) is 16.0. The summed E-state index contributed by atoms with van der Waals surface area (Å²) in [5.74, 6) is 0. The van der Waals surface area contributed by atoms with Crippen molar-refractivity contribution in [2.45, 2.75) is 116 Å². The molecule has 0 amide bonds. The molecule has 0 heterocycles. The molecular weight excluding hydrogens is 280 g/mol. The molecule has 0 aliphatic carbocycles. The summed E-state index contributed by atoms with van der Waals surface area (Å²) in [5, 5.41) is 0. The van der Waals surface area contributed by atoms with Crippen molar-refractivity contribution in [1.29, 1.82) is 0 Å². The summed E-state index contributed by atoms with van der Waals surface area (Å²) in [6.07, 6.45) is 25.3. The van der Waals surface area contributed by atoms with E-state index in [0.29, 0.717) is 0 Å². The van der Waals surface area contributed by atoms with E-state index in [1.807, 2.05) is 0 Å². The summed E-state index contributed by atoms with van der Waals surface area (Å²) in [5.41, 5.74) is 5.50. The van der Waals surface area contributed by atoms with Crippen LogP contribution >= 0.6 is 0 Å². The molecule has 138 valence electrons. The number of rotatable bonds is 19. The van der Waals surface area contributed by atoms with Crippen molar-refractivity contribution in [1.82, 2.24) is 0 Å². The fraction of sp³-hybridized carbons (Fsp3) is 0.952. The molecule has 2 heteroatoms. The van der Waals surface area contributed by atoms with Crippen LogP contribution in [0.5, 0.6) is 0 Å². The second-order valence-electron chi connectivity index (χ2n) is 6.97. The van der Waals surface area contributed by atoms with E-state index in [1.54, 1.807) is 0 Å². The molecule has 0 saturated carbocycles. The first-order valence-corrected chi connectivity index (χ1v) is 10.6. The summed E-state index contributed by atoms with van der Waals surface area (Å²) in [6.45, 7) is 4.17. The van der Waals surface area contributed by atoms with Gasteiger partial charge in [-0.1, -0.05) is 90.4 Å². The Morgan fingerprint density at radius 3 is 1.57 bits per heavy atom. The largest absolute Gasteiger partial charge is 0.330 e. The third kappa shape index (κ3) is 21.6. The molecule has 0 radical (unpaired) electrons. The highest BCUT2D eigenvalue weighted by molar-refractivity contribution is 5.56. The molecule has 0 aromatic carbocycles. The van der Waals surface area contributed by atoms with Crippen LogP contribution in [0.3, 0.4) is 0 Å². The Hall–Kier alpha value is -0.370. The van der Waals surface area contributed by atoms with Crippen LogP contribution in [0, 0.1) is 0 Å². The van der Waals surface area contributed by atoms with Crippen molar-refractivity contribution in [2.24, 2.45) is 10.7 Å². The topological polar surface area (TPSA) is 38.4 Å². The van der Waals surface area contributed by atoms with Crippen molar-refractivity contribution >= 4 is 6.21 Å². The summed E-state index contributed by atoms with van der Waals surface area (Å²) < 4.78 is 0. The first-order valence-electron chi connectivity index (χ1n) is 10.6. The Kier molecular flexibility index (Phi) is 21.3. The predicted octanol–water partition coefficient (Wildman–Crippen LogP) is 6.67. The molecule has 0 spiro atoms. The van der Waals surface area contributed by atoms with E-state index < -0.39 is 0 Å². The SMILES string of the molecule is CCCCCC=NCCCCCCCCCCCCCCCN. The fourth-order valence-corrected chi connectivity index (χ4v) is 2.96.